The molecule has 2 heterocycles. The zero-order chi connectivity index (χ0) is 11.4. The molecule has 0 aliphatic rings. The normalized spacial score (nSPS) is 10.1. The lowest BCUT2D eigenvalue weighted by atomic mass is 10.3. The van der Waals surface area contributed by atoms with Gasteiger partial charge in [0.1, 0.15) is 9.76 Å². The van der Waals surface area contributed by atoms with Crippen LogP contribution < -0.4 is 5.32 Å². The summed E-state index contributed by atoms with van der Waals surface area (Å²) in [5, 5.41) is 3.75. The zero-order valence-corrected chi connectivity index (χ0v) is 10.7. The lowest BCUT2D eigenvalue weighted by molar-refractivity contribution is 1.10. The lowest BCUT2D eigenvalue weighted by Crippen LogP contribution is -2.00. The van der Waals surface area contributed by atoms with Crippen LogP contribution >= 0.6 is 27.5 Å². The van der Waals surface area contributed by atoms with Crippen LogP contribution in [0.4, 0.5) is 5.69 Å². The summed E-state index contributed by atoms with van der Waals surface area (Å²) in [6, 6.07) is 7.63. The number of anilines is 1. The lowest BCUT2D eigenvalue weighted by Gasteiger charge is -2.06. The molecule has 0 aromatic carbocycles. The van der Waals surface area contributed by atoms with Crippen LogP contribution in [0, 0.1) is 0 Å². The van der Waals surface area contributed by atoms with Gasteiger partial charge >= 0.3 is 0 Å². The minimum absolute atomic E-state index is 0.528. The highest BCUT2D eigenvalue weighted by atomic mass is 79.9. The smallest absolute Gasteiger partial charge is 0.133 e. The van der Waals surface area contributed by atoms with Crippen LogP contribution in [-0.4, -0.2) is 9.97 Å². The van der Waals surface area contributed by atoms with E-state index in [9.17, 15) is 0 Å². The zero-order valence-electron chi connectivity index (χ0n) is 8.32. The molecule has 2 rings (SSSR count). The molecule has 0 spiro atoms. The summed E-state index contributed by atoms with van der Waals surface area (Å²) in [6.45, 7) is 0.635. The van der Waals surface area contributed by atoms with Gasteiger partial charge in [-0.2, -0.15) is 0 Å². The van der Waals surface area contributed by atoms with Gasteiger partial charge in [-0.25, -0.2) is 9.97 Å². The fourth-order valence-electron chi connectivity index (χ4n) is 1.23. The average molecular weight is 299 g/mol. The quantitative estimate of drug-likeness (QED) is 0.881. The van der Waals surface area contributed by atoms with Gasteiger partial charge in [-0.05, 0) is 34.1 Å². The van der Waals surface area contributed by atoms with Gasteiger partial charge in [-0.1, -0.05) is 17.7 Å². The molecule has 0 saturated heterocycles. The van der Waals surface area contributed by atoms with E-state index in [-0.39, 0.29) is 0 Å². The third-order valence-corrected chi connectivity index (χ3v) is 2.86. The molecule has 0 aliphatic heterocycles. The predicted molar refractivity (Wildman–Crippen MR) is 68.5 cm³/mol. The van der Waals surface area contributed by atoms with Gasteiger partial charge in [0, 0.05) is 18.3 Å². The first-order valence-electron chi connectivity index (χ1n) is 4.70. The third kappa shape index (κ3) is 2.93. The predicted octanol–water partition coefficient (Wildman–Crippen LogP) is 3.50. The summed E-state index contributed by atoms with van der Waals surface area (Å²) in [5.74, 6) is 0. The monoisotopic (exact) mass is 297 g/mol. The highest BCUT2D eigenvalue weighted by molar-refractivity contribution is 9.10. The molecule has 0 atom stereocenters. The number of nitrogens with one attached hydrogen (secondary N) is 1. The number of pyridine rings is 2. The van der Waals surface area contributed by atoms with Crippen LogP contribution in [0.1, 0.15) is 5.56 Å². The number of hydrogen-bond acceptors (Lipinski definition) is 3. The van der Waals surface area contributed by atoms with E-state index in [2.05, 4.69) is 31.2 Å². The molecule has 5 heteroatoms. The molecular weight excluding hydrogens is 289 g/mol. The molecule has 1 N–H and O–H groups in total. The van der Waals surface area contributed by atoms with Crippen molar-refractivity contribution >= 4 is 33.2 Å². The molecular formula is C11H9BrClN3. The number of nitrogens with zero attached hydrogens (tertiary/aromatic N) is 2. The Bertz CT molecular complexity index is 473. The van der Waals surface area contributed by atoms with E-state index in [0.717, 1.165) is 15.9 Å². The fraction of sp³-hybridized carbons (Fsp3) is 0.0909. The number of hydrogen-bond donors (Lipinski definition) is 1. The van der Waals surface area contributed by atoms with Crippen molar-refractivity contribution in [2.45, 2.75) is 6.54 Å². The van der Waals surface area contributed by atoms with Crippen LogP contribution in [0.2, 0.25) is 5.15 Å². The second kappa shape index (κ2) is 5.27. The average Bonchev–Trinajstić information content (AvgIpc) is 2.30. The summed E-state index contributed by atoms with van der Waals surface area (Å²) in [7, 11) is 0. The van der Waals surface area contributed by atoms with E-state index >= 15 is 0 Å². The highest BCUT2D eigenvalue weighted by Crippen LogP contribution is 2.15. The Kier molecular flexibility index (Phi) is 3.74. The van der Waals surface area contributed by atoms with E-state index in [1.54, 1.807) is 12.4 Å². The Morgan fingerprint density at radius 2 is 2.12 bits per heavy atom. The second-order valence-corrected chi connectivity index (χ2v) is 4.35. The molecule has 0 aliphatic carbocycles. The molecule has 0 unspecified atom stereocenters. The van der Waals surface area contributed by atoms with E-state index in [0.29, 0.717) is 11.7 Å². The first kappa shape index (κ1) is 11.4. The minimum atomic E-state index is 0.528. The van der Waals surface area contributed by atoms with E-state index in [4.69, 9.17) is 11.6 Å². The molecule has 0 amide bonds. The van der Waals surface area contributed by atoms with Crippen LogP contribution in [0.15, 0.2) is 41.3 Å². The summed E-state index contributed by atoms with van der Waals surface area (Å²) in [4.78, 5) is 8.13. The topological polar surface area (TPSA) is 37.8 Å². The maximum absolute atomic E-state index is 5.94. The maximum Gasteiger partial charge on any atom is 0.133 e. The SMILES string of the molecule is Clc1ncccc1CNc1ccc(Br)nc1. The molecule has 0 radical (unpaired) electrons. The van der Waals surface area contributed by atoms with Crippen LogP contribution in [0.3, 0.4) is 0 Å². The third-order valence-electron chi connectivity index (χ3n) is 2.05. The standard InChI is InChI=1S/C11H9BrClN3/c12-10-4-3-9(7-16-10)15-6-8-2-1-5-14-11(8)13/h1-5,7,15H,6H2. The maximum atomic E-state index is 5.94. The van der Waals surface area contributed by atoms with E-state index in [1.807, 2.05) is 24.3 Å². The largest absolute Gasteiger partial charge is 0.380 e. The van der Waals surface area contributed by atoms with Gasteiger partial charge in [0.15, 0.2) is 0 Å². The van der Waals surface area contributed by atoms with Crippen molar-refractivity contribution < 1.29 is 0 Å². The molecule has 3 nitrogen and oxygen atoms in total. The Morgan fingerprint density at radius 1 is 1.25 bits per heavy atom. The van der Waals surface area contributed by atoms with Gasteiger partial charge in [-0.15, -0.1) is 0 Å². The molecule has 82 valence electrons. The van der Waals surface area contributed by atoms with Crippen molar-refractivity contribution in [2.75, 3.05) is 5.32 Å². The summed E-state index contributed by atoms with van der Waals surface area (Å²) >= 11 is 9.22. The Labute approximate surface area is 107 Å². The molecule has 0 bridgehead atoms. The first-order valence-corrected chi connectivity index (χ1v) is 5.87. The molecule has 2 aromatic rings. The van der Waals surface area contributed by atoms with Crippen LogP contribution in [-0.2, 0) is 6.54 Å². The van der Waals surface area contributed by atoms with Crippen LogP contribution in [0.25, 0.3) is 0 Å². The highest BCUT2D eigenvalue weighted by Gasteiger charge is 2.00. The minimum Gasteiger partial charge on any atom is -0.380 e. The second-order valence-electron chi connectivity index (χ2n) is 3.18. The number of halogens is 2. The molecule has 0 fully saturated rings. The first-order chi connectivity index (χ1) is 7.75. The Balaban J connectivity index is 2.02. The number of rotatable bonds is 3. The van der Waals surface area contributed by atoms with E-state index in [1.165, 1.54) is 0 Å². The summed E-state index contributed by atoms with van der Waals surface area (Å²) in [5.41, 5.74) is 1.91. The molecule has 16 heavy (non-hydrogen) atoms. The molecule has 2 aromatic heterocycles. The Hall–Kier alpha value is -1.13. The van der Waals surface area contributed by atoms with Crippen molar-refractivity contribution in [1.29, 1.82) is 0 Å². The summed E-state index contributed by atoms with van der Waals surface area (Å²) < 4.78 is 0.817. The van der Waals surface area contributed by atoms with Gasteiger partial charge in [0.2, 0.25) is 0 Å². The van der Waals surface area contributed by atoms with Gasteiger partial charge < -0.3 is 5.32 Å². The van der Waals surface area contributed by atoms with Crippen molar-refractivity contribution in [2.24, 2.45) is 0 Å². The van der Waals surface area contributed by atoms with Crippen molar-refractivity contribution in [3.05, 3.63) is 52.0 Å². The van der Waals surface area contributed by atoms with Gasteiger partial charge in [-0.3, -0.25) is 0 Å². The Morgan fingerprint density at radius 3 is 2.81 bits per heavy atom. The van der Waals surface area contributed by atoms with Crippen molar-refractivity contribution in [3.8, 4) is 0 Å². The van der Waals surface area contributed by atoms with E-state index < -0.39 is 0 Å². The molecule has 0 saturated carbocycles. The fourth-order valence-corrected chi connectivity index (χ4v) is 1.65. The van der Waals surface area contributed by atoms with Gasteiger partial charge in [0.25, 0.3) is 0 Å². The van der Waals surface area contributed by atoms with Crippen molar-refractivity contribution in [3.63, 3.8) is 0 Å². The van der Waals surface area contributed by atoms with Gasteiger partial charge in [0.05, 0.1) is 11.9 Å². The summed E-state index contributed by atoms with van der Waals surface area (Å²) in [6.07, 6.45) is 3.43. The van der Waals surface area contributed by atoms with Crippen LogP contribution in [0.5, 0.6) is 0 Å². The van der Waals surface area contributed by atoms with Crippen molar-refractivity contribution in [1.82, 2.24) is 9.97 Å². The number of aromatic nitrogens is 2.